The van der Waals surface area contributed by atoms with E-state index in [2.05, 4.69) is 24.0 Å². The number of sulfone groups is 1. The maximum Gasteiger partial charge on any atom is 0.243 e. The van der Waals surface area contributed by atoms with Crippen LogP contribution in [-0.4, -0.2) is 58.5 Å². The average Bonchev–Trinajstić information content (AvgIpc) is 2.89. The zero-order valence-corrected chi connectivity index (χ0v) is 17.8. The molecule has 1 heterocycles. The van der Waals surface area contributed by atoms with Gasteiger partial charge in [0, 0.05) is 32.4 Å². The van der Waals surface area contributed by atoms with Gasteiger partial charge in [-0.1, -0.05) is 30.3 Å². The van der Waals surface area contributed by atoms with E-state index in [1.165, 1.54) is 39.7 Å². The lowest BCUT2D eigenvalue weighted by molar-refractivity contribution is 0.278. The highest BCUT2D eigenvalue weighted by Crippen LogP contribution is 2.21. The molecule has 0 saturated carbocycles. The fraction of sp³-hybridized carbons (Fsp3) is 0.400. The highest BCUT2D eigenvalue weighted by atomic mass is 32.2. The van der Waals surface area contributed by atoms with E-state index in [0.29, 0.717) is 19.6 Å². The van der Waals surface area contributed by atoms with Crippen molar-refractivity contribution in [3.8, 4) is 0 Å². The van der Waals surface area contributed by atoms with Gasteiger partial charge in [0.25, 0.3) is 0 Å². The Bertz CT molecular complexity index is 1050. The molecule has 1 fully saturated rings. The molecule has 0 aromatic heterocycles. The topological polar surface area (TPSA) is 74.8 Å². The van der Waals surface area contributed by atoms with Gasteiger partial charge < -0.3 is 0 Å². The van der Waals surface area contributed by atoms with Crippen molar-refractivity contribution in [1.29, 1.82) is 0 Å². The zero-order valence-electron chi connectivity index (χ0n) is 16.2. The number of hydrogen-bond acceptors (Lipinski definition) is 5. The molecule has 0 radical (unpaired) electrons. The molecule has 8 heteroatoms. The van der Waals surface area contributed by atoms with Gasteiger partial charge in [0.2, 0.25) is 10.0 Å². The molecule has 1 aliphatic rings. The molecule has 0 N–H and O–H groups in total. The van der Waals surface area contributed by atoms with E-state index in [4.69, 9.17) is 0 Å². The molecular formula is C20H26N2O4S2. The standard InChI is InChI=1S/C20H26N2O4S2/c1-17-7-3-4-8-18(17)16-21-11-6-12-22(14-13-21)28(25,26)20-10-5-9-19(15-20)27(2,23)24/h3-5,7-10,15H,6,11-14,16H2,1-2H3. The number of hydrogen-bond donors (Lipinski definition) is 0. The molecule has 2 aromatic carbocycles. The Hall–Kier alpha value is -1.74. The number of nitrogens with zero attached hydrogens (tertiary/aromatic N) is 2. The normalized spacial score (nSPS) is 17.4. The van der Waals surface area contributed by atoms with E-state index in [9.17, 15) is 16.8 Å². The first-order valence-electron chi connectivity index (χ1n) is 9.25. The summed E-state index contributed by atoms with van der Waals surface area (Å²) >= 11 is 0. The highest BCUT2D eigenvalue weighted by molar-refractivity contribution is 7.91. The molecule has 0 amide bonds. The summed E-state index contributed by atoms with van der Waals surface area (Å²) in [6.07, 6.45) is 1.81. The van der Waals surface area contributed by atoms with Gasteiger partial charge in [0.05, 0.1) is 9.79 Å². The van der Waals surface area contributed by atoms with Gasteiger partial charge in [-0.25, -0.2) is 16.8 Å². The Morgan fingerprint density at radius 1 is 0.857 bits per heavy atom. The largest absolute Gasteiger partial charge is 0.298 e. The third-order valence-electron chi connectivity index (χ3n) is 5.07. The summed E-state index contributed by atoms with van der Waals surface area (Å²) in [5, 5.41) is 0. The molecule has 0 bridgehead atoms. The summed E-state index contributed by atoms with van der Waals surface area (Å²) in [6.45, 7) is 5.15. The maximum absolute atomic E-state index is 13.1. The first-order chi connectivity index (χ1) is 13.2. The summed E-state index contributed by atoms with van der Waals surface area (Å²) in [7, 11) is -7.19. The molecule has 0 atom stereocenters. The Kier molecular flexibility index (Phi) is 6.24. The molecule has 3 rings (SSSR count). The van der Waals surface area contributed by atoms with Crippen LogP contribution in [0.3, 0.4) is 0 Å². The van der Waals surface area contributed by atoms with Crippen molar-refractivity contribution >= 4 is 19.9 Å². The van der Waals surface area contributed by atoms with Crippen molar-refractivity contribution in [2.75, 3.05) is 32.4 Å². The number of sulfonamides is 1. The van der Waals surface area contributed by atoms with Gasteiger partial charge in [-0.05, 0) is 49.2 Å². The van der Waals surface area contributed by atoms with E-state index in [-0.39, 0.29) is 9.79 Å². The maximum atomic E-state index is 13.1. The molecule has 0 aliphatic carbocycles. The predicted molar refractivity (Wildman–Crippen MR) is 109 cm³/mol. The molecule has 6 nitrogen and oxygen atoms in total. The summed E-state index contributed by atoms with van der Waals surface area (Å²) in [5.74, 6) is 0. The van der Waals surface area contributed by atoms with Gasteiger partial charge in [-0.15, -0.1) is 0 Å². The monoisotopic (exact) mass is 422 g/mol. The number of rotatable bonds is 5. The molecule has 1 aliphatic heterocycles. The second-order valence-electron chi connectivity index (χ2n) is 7.21. The van der Waals surface area contributed by atoms with Crippen molar-refractivity contribution in [2.24, 2.45) is 0 Å². The fourth-order valence-corrected chi connectivity index (χ4v) is 5.65. The molecular weight excluding hydrogens is 396 g/mol. The van der Waals surface area contributed by atoms with Crippen LogP contribution in [-0.2, 0) is 26.4 Å². The smallest absolute Gasteiger partial charge is 0.243 e. The van der Waals surface area contributed by atoms with E-state index in [1.54, 1.807) is 0 Å². The molecule has 152 valence electrons. The van der Waals surface area contributed by atoms with Gasteiger partial charge in [-0.3, -0.25) is 4.90 Å². The minimum Gasteiger partial charge on any atom is -0.298 e. The molecule has 0 spiro atoms. The minimum absolute atomic E-state index is 0.0181. The van der Waals surface area contributed by atoms with Crippen molar-refractivity contribution in [2.45, 2.75) is 29.7 Å². The zero-order chi connectivity index (χ0) is 20.4. The van der Waals surface area contributed by atoms with Gasteiger partial charge in [0.1, 0.15) is 0 Å². The molecule has 1 saturated heterocycles. The van der Waals surface area contributed by atoms with Gasteiger partial charge in [0.15, 0.2) is 9.84 Å². The second-order valence-corrected chi connectivity index (χ2v) is 11.2. The fourth-order valence-electron chi connectivity index (χ4n) is 3.39. The van der Waals surface area contributed by atoms with Crippen LogP contribution in [0.25, 0.3) is 0 Å². The first kappa shape index (κ1) is 21.0. The number of aryl methyl sites for hydroxylation is 1. The van der Waals surface area contributed by atoms with Crippen LogP contribution in [0.15, 0.2) is 58.3 Å². The lowest BCUT2D eigenvalue weighted by atomic mass is 10.1. The van der Waals surface area contributed by atoms with Crippen molar-refractivity contribution in [3.05, 3.63) is 59.7 Å². The van der Waals surface area contributed by atoms with Crippen LogP contribution < -0.4 is 0 Å². The molecule has 2 aromatic rings. The van der Waals surface area contributed by atoms with E-state index in [1.807, 2.05) is 12.1 Å². The van der Waals surface area contributed by atoms with Crippen LogP contribution >= 0.6 is 0 Å². The molecule has 28 heavy (non-hydrogen) atoms. The predicted octanol–water partition coefficient (Wildman–Crippen LogP) is 2.30. The minimum atomic E-state index is -3.73. The SMILES string of the molecule is Cc1ccccc1CN1CCCN(S(=O)(=O)c2cccc(S(C)(=O)=O)c2)CC1. The summed E-state index contributed by atoms with van der Waals surface area (Å²) in [6, 6.07) is 13.8. The van der Waals surface area contributed by atoms with E-state index in [0.717, 1.165) is 25.8 Å². The summed E-state index contributed by atoms with van der Waals surface area (Å²) in [5.41, 5.74) is 2.48. The Labute approximate surface area is 167 Å². The number of benzene rings is 2. The summed E-state index contributed by atoms with van der Waals surface area (Å²) < 4.78 is 51.1. The Morgan fingerprint density at radius 2 is 1.57 bits per heavy atom. The first-order valence-corrected chi connectivity index (χ1v) is 12.6. The van der Waals surface area contributed by atoms with Crippen molar-refractivity contribution < 1.29 is 16.8 Å². The third kappa shape index (κ3) is 4.81. The van der Waals surface area contributed by atoms with E-state index < -0.39 is 19.9 Å². The van der Waals surface area contributed by atoms with Gasteiger partial charge >= 0.3 is 0 Å². The Balaban J connectivity index is 1.75. The van der Waals surface area contributed by atoms with Gasteiger partial charge in [-0.2, -0.15) is 4.31 Å². The average molecular weight is 423 g/mol. The lowest BCUT2D eigenvalue weighted by Crippen LogP contribution is -2.35. The van der Waals surface area contributed by atoms with Crippen LogP contribution in [0.1, 0.15) is 17.5 Å². The van der Waals surface area contributed by atoms with Crippen LogP contribution in [0, 0.1) is 6.92 Å². The second kappa shape index (κ2) is 8.32. The lowest BCUT2D eigenvalue weighted by Gasteiger charge is -2.22. The third-order valence-corrected chi connectivity index (χ3v) is 8.08. The van der Waals surface area contributed by atoms with Crippen LogP contribution in [0.2, 0.25) is 0 Å². The van der Waals surface area contributed by atoms with Crippen LogP contribution in [0.5, 0.6) is 0 Å². The van der Waals surface area contributed by atoms with E-state index >= 15 is 0 Å². The van der Waals surface area contributed by atoms with Crippen molar-refractivity contribution in [3.63, 3.8) is 0 Å². The summed E-state index contributed by atoms with van der Waals surface area (Å²) in [4.78, 5) is 2.32. The Morgan fingerprint density at radius 3 is 2.29 bits per heavy atom. The molecule has 0 unspecified atom stereocenters. The van der Waals surface area contributed by atoms with Crippen molar-refractivity contribution in [1.82, 2.24) is 9.21 Å². The van der Waals surface area contributed by atoms with Crippen LogP contribution in [0.4, 0.5) is 0 Å². The highest BCUT2D eigenvalue weighted by Gasteiger charge is 2.27. The quantitative estimate of drug-likeness (QED) is 0.739.